The van der Waals surface area contributed by atoms with Crippen molar-refractivity contribution in [3.05, 3.63) is 56.8 Å². The van der Waals surface area contributed by atoms with Gasteiger partial charge in [-0.1, -0.05) is 19.8 Å². The summed E-state index contributed by atoms with van der Waals surface area (Å²) in [5.74, 6) is 3.58. The Labute approximate surface area is 208 Å². The number of carbonyl (C=O) groups excluding carboxylic acids is 2. The van der Waals surface area contributed by atoms with Gasteiger partial charge in [0.05, 0.1) is 12.4 Å². The predicted octanol–water partition coefficient (Wildman–Crippen LogP) is 2.60. The lowest BCUT2D eigenvalue weighted by molar-refractivity contribution is -0.148. The average Bonchev–Trinajstić information content (AvgIpc) is 3.47. The number of halogens is 3. The molecule has 0 amide bonds. The zero-order chi connectivity index (χ0) is 27.3. The number of rotatable bonds is 7. The topological polar surface area (TPSA) is 119 Å². The summed E-state index contributed by atoms with van der Waals surface area (Å²) in [5.41, 5.74) is -4.97. The van der Waals surface area contributed by atoms with Crippen molar-refractivity contribution in [2.24, 2.45) is 5.92 Å². The Morgan fingerprint density at radius 2 is 1.97 bits per heavy atom. The molecule has 3 heterocycles. The molecule has 13 heteroatoms. The average molecular weight is 526 g/mol. The van der Waals surface area contributed by atoms with Crippen LogP contribution in [-0.2, 0) is 25.2 Å². The van der Waals surface area contributed by atoms with E-state index in [2.05, 4.69) is 11.8 Å². The normalized spacial score (nSPS) is 19.5. The van der Waals surface area contributed by atoms with Gasteiger partial charge in [0.15, 0.2) is 5.76 Å². The molecule has 0 N–H and O–H groups in total. The van der Waals surface area contributed by atoms with E-state index in [1.165, 1.54) is 6.07 Å². The molecule has 1 fully saturated rings. The molecule has 0 aliphatic carbocycles. The Hall–Kier alpha value is -3.63. The van der Waals surface area contributed by atoms with Gasteiger partial charge in [-0.2, -0.15) is 17.7 Å². The van der Waals surface area contributed by atoms with Gasteiger partial charge in [0, 0.05) is 26.0 Å². The van der Waals surface area contributed by atoms with E-state index in [1.54, 1.807) is 0 Å². The van der Waals surface area contributed by atoms with Crippen molar-refractivity contribution < 1.29 is 41.4 Å². The summed E-state index contributed by atoms with van der Waals surface area (Å²) in [6, 6.07) is 2.38. The fraction of sp³-hybridized carbons (Fsp3) is 0.500. The highest BCUT2D eigenvalue weighted by Crippen LogP contribution is 2.32. The van der Waals surface area contributed by atoms with Gasteiger partial charge in [0.1, 0.15) is 31.1 Å². The summed E-state index contributed by atoms with van der Waals surface area (Å²) in [6.45, 7) is 4.80. The summed E-state index contributed by atoms with van der Waals surface area (Å²) < 4.78 is 62.7. The van der Waals surface area contributed by atoms with Crippen molar-refractivity contribution in [1.82, 2.24) is 9.13 Å². The van der Waals surface area contributed by atoms with E-state index in [4.69, 9.17) is 18.6 Å². The van der Waals surface area contributed by atoms with E-state index in [1.807, 2.05) is 13.8 Å². The molecular weight excluding hydrogens is 501 g/mol. The van der Waals surface area contributed by atoms with Crippen molar-refractivity contribution in [1.29, 1.82) is 0 Å². The van der Waals surface area contributed by atoms with Crippen LogP contribution < -0.4 is 11.2 Å². The van der Waals surface area contributed by atoms with E-state index < -0.39 is 59.1 Å². The number of aromatic nitrogens is 2. The highest BCUT2D eigenvalue weighted by atomic mass is 19.4. The quantitative estimate of drug-likeness (QED) is 0.399. The fourth-order valence-electron chi connectivity index (χ4n) is 3.53. The largest absolute Gasteiger partial charge is 0.463 e. The molecule has 1 aliphatic rings. The van der Waals surface area contributed by atoms with E-state index in [-0.39, 0.29) is 24.2 Å². The van der Waals surface area contributed by atoms with Crippen molar-refractivity contribution in [3.63, 3.8) is 0 Å². The number of alkyl halides is 3. The molecule has 0 aromatic carbocycles. The molecule has 0 bridgehead atoms. The summed E-state index contributed by atoms with van der Waals surface area (Å²) in [4.78, 5) is 49.6. The molecule has 2 aromatic rings. The van der Waals surface area contributed by atoms with Crippen LogP contribution in [0.5, 0.6) is 0 Å². The maximum atomic E-state index is 13.7. The molecule has 10 nitrogen and oxygen atoms in total. The van der Waals surface area contributed by atoms with Gasteiger partial charge in [-0.25, -0.2) is 4.79 Å². The van der Waals surface area contributed by atoms with Gasteiger partial charge >= 0.3 is 23.7 Å². The summed E-state index contributed by atoms with van der Waals surface area (Å²) in [6.07, 6.45) is -6.49. The molecule has 0 saturated carbocycles. The molecule has 1 aliphatic heterocycles. The lowest BCUT2D eigenvalue weighted by atomic mass is 10.1. The number of ether oxygens (including phenoxy) is 3. The fourth-order valence-corrected chi connectivity index (χ4v) is 3.53. The van der Waals surface area contributed by atoms with E-state index in [0.29, 0.717) is 23.1 Å². The van der Waals surface area contributed by atoms with Crippen LogP contribution in [0.2, 0.25) is 0 Å². The molecule has 0 radical (unpaired) electrons. The minimum absolute atomic E-state index is 0.0385. The Morgan fingerprint density at radius 1 is 1.24 bits per heavy atom. The molecule has 0 unspecified atom stereocenters. The van der Waals surface area contributed by atoms with Gasteiger partial charge in [-0.3, -0.25) is 19.0 Å². The molecule has 3 atom stereocenters. The second kappa shape index (κ2) is 11.6. The molecular formula is C24H25F3N2O8. The second-order valence-corrected chi connectivity index (χ2v) is 8.62. The Kier molecular flexibility index (Phi) is 8.77. The standard InChI is InChI=1S/C24H25F3N2O8/c1-14(2)7-4-5-9-35-18-11-20(37-19(18)13-36-15(3)30)28-12-16(24(25,26)27)21(31)29(23(28)33)22(32)17-8-6-10-34-17/h6,8,10,12,14,18-20H,7,9,11,13H2,1-3H3/t18-,19+,20+/m0/s1. The summed E-state index contributed by atoms with van der Waals surface area (Å²) in [5, 5.41) is 0. The number of carbonyl (C=O) groups is 2. The first-order valence-electron chi connectivity index (χ1n) is 11.3. The lowest BCUT2D eigenvalue weighted by Gasteiger charge is -2.19. The first-order valence-corrected chi connectivity index (χ1v) is 11.3. The molecule has 200 valence electrons. The van der Waals surface area contributed by atoms with E-state index >= 15 is 0 Å². The Morgan fingerprint density at radius 3 is 2.57 bits per heavy atom. The van der Waals surface area contributed by atoms with Crippen LogP contribution in [0.4, 0.5) is 13.2 Å². The van der Waals surface area contributed by atoms with Gasteiger partial charge < -0.3 is 18.6 Å². The van der Waals surface area contributed by atoms with Crippen molar-refractivity contribution in [3.8, 4) is 11.8 Å². The van der Waals surface area contributed by atoms with Gasteiger partial charge in [0.2, 0.25) is 0 Å². The number of hydrogen-bond acceptors (Lipinski definition) is 8. The molecule has 3 rings (SSSR count). The highest BCUT2D eigenvalue weighted by Gasteiger charge is 2.42. The summed E-state index contributed by atoms with van der Waals surface area (Å²) >= 11 is 0. The van der Waals surface area contributed by atoms with Gasteiger partial charge in [-0.15, -0.1) is 5.92 Å². The molecule has 1 saturated heterocycles. The van der Waals surface area contributed by atoms with Crippen molar-refractivity contribution in [2.45, 2.75) is 58.2 Å². The van der Waals surface area contributed by atoms with Crippen LogP contribution >= 0.6 is 0 Å². The predicted molar refractivity (Wildman–Crippen MR) is 121 cm³/mol. The lowest BCUT2D eigenvalue weighted by Crippen LogP contribution is -2.47. The minimum atomic E-state index is -5.19. The Balaban J connectivity index is 1.98. The first kappa shape index (κ1) is 27.9. The van der Waals surface area contributed by atoms with Crippen molar-refractivity contribution in [2.75, 3.05) is 13.2 Å². The van der Waals surface area contributed by atoms with Crippen LogP contribution in [0.15, 0.2) is 38.6 Å². The van der Waals surface area contributed by atoms with Crippen LogP contribution in [0.25, 0.3) is 0 Å². The zero-order valence-corrected chi connectivity index (χ0v) is 20.2. The third kappa shape index (κ3) is 6.78. The SMILES string of the molecule is CC(=O)OC[C@H]1O[C@@H](n2cc(C(F)(F)F)c(=O)n(C(=O)c3ccco3)c2=O)C[C@@H]1OCC#CCC(C)C. The maximum absolute atomic E-state index is 13.7. The van der Waals surface area contributed by atoms with Crippen LogP contribution in [0, 0.1) is 17.8 Å². The van der Waals surface area contributed by atoms with E-state index in [9.17, 15) is 32.3 Å². The number of hydrogen-bond donors (Lipinski definition) is 0. The first-order chi connectivity index (χ1) is 17.4. The van der Waals surface area contributed by atoms with E-state index in [0.717, 1.165) is 19.3 Å². The number of nitrogens with zero attached hydrogens (tertiary/aromatic N) is 2. The molecule has 37 heavy (non-hydrogen) atoms. The van der Waals surface area contributed by atoms with Crippen LogP contribution in [0.3, 0.4) is 0 Å². The third-order valence-electron chi connectivity index (χ3n) is 5.30. The van der Waals surface area contributed by atoms with Crippen LogP contribution in [0.1, 0.15) is 56.0 Å². The summed E-state index contributed by atoms with van der Waals surface area (Å²) in [7, 11) is 0. The van der Waals surface area contributed by atoms with Crippen LogP contribution in [-0.4, -0.2) is 46.4 Å². The second-order valence-electron chi connectivity index (χ2n) is 8.62. The van der Waals surface area contributed by atoms with Gasteiger partial charge in [0.25, 0.3) is 5.56 Å². The smallest absolute Gasteiger partial charge is 0.423 e. The highest BCUT2D eigenvalue weighted by molar-refractivity contribution is 5.93. The monoisotopic (exact) mass is 526 g/mol. The molecule has 2 aromatic heterocycles. The maximum Gasteiger partial charge on any atom is 0.423 e. The number of esters is 1. The zero-order valence-electron chi connectivity index (χ0n) is 20.2. The number of furan rings is 1. The molecule has 0 spiro atoms. The van der Waals surface area contributed by atoms with Gasteiger partial charge in [-0.05, 0) is 18.1 Å². The Bertz CT molecular complexity index is 1300. The third-order valence-corrected chi connectivity index (χ3v) is 5.30. The van der Waals surface area contributed by atoms with Crippen molar-refractivity contribution >= 4 is 11.9 Å². The minimum Gasteiger partial charge on any atom is -0.463 e.